The molecule has 51 heavy (non-hydrogen) atoms. The molecule has 296 valence electrons. The van der Waals surface area contributed by atoms with Gasteiger partial charge in [-0.25, -0.2) is 4.57 Å². The molecule has 0 amide bonds. The van der Waals surface area contributed by atoms with Gasteiger partial charge in [0, 0.05) is 12.8 Å². The number of hydrogen-bond acceptors (Lipinski definition) is 7. The number of unbranched alkanes of at least 4 members (excludes halogenated alkanes) is 13. The molecule has 0 saturated carbocycles. The van der Waals surface area contributed by atoms with Crippen molar-refractivity contribution in [2.75, 3.05) is 47.5 Å². The van der Waals surface area contributed by atoms with E-state index in [0.717, 1.165) is 89.9 Å². The normalized spacial score (nSPS) is 14.2. The minimum absolute atomic E-state index is 0.0251. The molecule has 0 rings (SSSR count). The lowest BCUT2D eigenvalue weighted by Crippen LogP contribution is -2.37. The van der Waals surface area contributed by atoms with Crippen molar-refractivity contribution in [3.05, 3.63) is 48.6 Å². The maximum Gasteiger partial charge on any atom is 0.472 e. The van der Waals surface area contributed by atoms with Crippen LogP contribution in [0.2, 0.25) is 0 Å². The summed E-state index contributed by atoms with van der Waals surface area (Å²) in [6.07, 6.45) is 37.3. The third kappa shape index (κ3) is 37.5. The highest BCUT2D eigenvalue weighted by Gasteiger charge is 2.27. The van der Waals surface area contributed by atoms with Crippen molar-refractivity contribution in [3.8, 4) is 0 Å². The molecule has 2 atom stereocenters. The van der Waals surface area contributed by atoms with E-state index in [1.54, 1.807) is 0 Å². The molecule has 0 bridgehead atoms. The summed E-state index contributed by atoms with van der Waals surface area (Å²) < 4.78 is 34.2. The van der Waals surface area contributed by atoms with Crippen molar-refractivity contribution in [1.29, 1.82) is 0 Å². The molecule has 10 heteroatoms. The first-order chi connectivity index (χ1) is 24.5. The van der Waals surface area contributed by atoms with Crippen LogP contribution in [0.3, 0.4) is 0 Å². The fourth-order valence-corrected chi connectivity index (χ4v) is 5.70. The van der Waals surface area contributed by atoms with E-state index >= 15 is 0 Å². The molecule has 0 aliphatic heterocycles. The lowest BCUT2D eigenvalue weighted by Gasteiger charge is -2.24. The number of ether oxygens (including phenoxy) is 2. The van der Waals surface area contributed by atoms with Crippen molar-refractivity contribution >= 4 is 19.8 Å². The van der Waals surface area contributed by atoms with Gasteiger partial charge in [0.2, 0.25) is 0 Å². The predicted molar refractivity (Wildman–Crippen MR) is 210 cm³/mol. The van der Waals surface area contributed by atoms with Crippen molar-refractivity contribution in [2.45, 2.75) is 155 Å². The number of carbonyl (C=O) groups excluding carboxylic acids is 2. The summed E-state index contributed by atoms with van der Waals surface area (Å²) in [6, 6.07) is 0. The van der Waals surface area contributed by atoms with Crippen molar-refractivity contribution in [3.63, 3.8) is 0 Å². The lowest BCUT2D eigenvalue weighted by molar-refractivity contribution is -0.870. The fourth-order valence-electron chi connectivity index (χ4n) is 4.96. The minimum atomic E-state index is -4.38. The number of carbonyl (C=O) groups is 2. The Balaban J connectivity index is 4.47. The number of esters is 2. The van der Waals surface area contributed by atoms with Crippen LogP contribution in [0, 0.1) is 0 Å². The van der Waals surface area contributed by atoms with Gasteiger partial charge in [-0.3, -0.25) is 18.6 Å². The van der Waals surface area contributed by atoms with Gasteiger partial charge in [0.1, 0.15) is 19.8 Å². The van der Waals surface area contributed by atoms with Gasteiger partial charge in [0.05, 0.1) is 27.7 Å². The molecular weight excluding hydrogens is 665 g/mol. The van der Waals surface area contributed by atoms with E-state index in [1.165, 1.54) is 25.7 Å². The van der Waals surface area contributed by atoms with Crippen LogP contribution in [0.15, 0.2) is 48.6 Å². The van der Waals surface area contributed by atoms with Gasteiger partial charge in [-0.15, -0.1) is 0 Å². The van der Waals surface area contributed by atoms with Crippen molar-refractivity contribution in [2.24, 2.45) is 0 Å². The first kappa shape index (κ1) is 49.0. The Morgan fingerprint density at radius 2 is 1.12 bits per heavy atom. The van der Waals surface area contributed by atoms with Crippen LogP contribution in [-0.4, -0.2) is 74.9 Å². The van der Waals surface area contributed by atoms with Gasteiger partial charge >= 0.3 is 19.8 Å². The Kier molecular flexibility index (Phi) is 32.4. The Bertz CT molecular complexity index is 1020. The third-order valence-electron chi connectivity index (χ3n) is 8.09. The maximum absolute atomic E-state index is 12.6. The largest absolute Gasteiger partial charge is 0.472 e. The van der Waals surface area contributed by atoms with Crippen LogP contribution in [0.4, 0.5) is 0 Å². The summed E-state index contributed by atoms with van der Waals surface area (Å²) in [4.78, 5) is 35.2. The summed E-state index contributed by atoms with van der Waals surface area (Å²) in [5, 5.41) is 0. The topological polar surface area (TPSA) is 108 Å². The molecule has 0 heterocycles. The molecule has 0 aromatic carbocycles. The summed E-state index contributed by atoms with van der Waals surface area (Å²) in [5.41, 5.74) is 0. The van der Waals surface area contributed by atoms with Crippen LogP contribution in [0.5, 0.6) is 0 Å². The summed E-state index contributed by atoms with van der Waals surface area (Å²) in [7, 11) is 1.45. The van der Waals surface area contributed by atoms with E-state index in [4.69, 9.17) is 18.5 Å². The molecule has 1 unspecified atom stereocenters. The third-order valence-corrected chi connectivity index (χ3v) is 9.08. The maximum atomic E-state index is 12.6. The summed E-state index contributed by atoms with van der Waals surface area (Å²) in [5.74, 6) is -0.834. The zero-order chi connectivity index (χ0) is 37.9. The molecule has 0 aliphatic carbocycles. The molecule has 1 N–H and O–H groups in total. The molecule has 0 fully saturated rings. The van der Waals surface area contributed by atoms with E-state index in [9.17, 15) is 19.0 Å². The van der Waals surface area contributed by atoms with Crippen LogP contribution in [0.25, 0.3) is 0 Å². The monoisotopic (exact) mass is 741 g/mol. The highest BCUT2D eigenvalue weighted by atomic mass is 31.2. The Hall–Kier alpha value is -2.03. The van der Waals surface area contributed by atoms with E-state index < -0.39 is 26.5 Å². The highest BCUT2D eigenvalue weighted by Crippen LogP contribution is 2.43. The van der Waals surface area contributed by atoms with Crippen molar-refractivity contribution in [1.82, 2.24) is 0 Å². The standard InChI is InChI=1S/C41H74NO8P/c1-6-8-10-12-14-16-18-20-21-22-24-26-28-30-32-34-41(44)50-39(38-49-51(45,46)48-36-35-42(3,4)5)37-47-40(43)33-31-29-27-25-23-19-17-15-13-11-9-7-2/h8,10,14-17,20-21,39H,6-7,9,11-13,18-19,22-38H2,1-5H3/p+1/b10-8+,16-14+,17-15+,21-20+/t39-/m1/s1. The number of hydrogen-bond donors (Lipinski definition) is 1. The van der Waals surface area contributed by atoms with E-state index in [0.29, 0.717) is 17.4 Å². The van der Waals surface area contributed by atoms with Gasteiger partial charge in [0.15, 0.2) is 6.10 Å². The van der Waals surface area contributed by atoms with Crippen LogP contribution in [-0.2, 0) is 32.7 Å². The Morgan fingerprint density at radius 3 is 1.69 bits per heavy atom. The first-order valence-corrected chi connectivity index (χ1v) is 21.4. The van der Waals surface area contributed by atoms with Gasteiger partial charge < -0.3 is 18.9 Å². The van der Waals surface area contributed by atoms with Gasteiger partial charge in [-0.2, -0.15) is 0 Å². The molecule has 0 saturated heterocycles. The Morgan fingerprint density at radius 1 is 0.627 bits per heavy atom. The number of phosphoric acid groups is 1. The average molecular weight is 741 g/mol. The number of phosphoric ester groups is 1. The Labute approximate surface area is 312 Å². The van der Waals surface area contributed by atoms with Crippen LogP contribution >= 0.6 is 7.82 Å². The number of rotatable bonds is 35. The SMILES string of the molecule is CC/C=C/C/C=C/C/C=C/CCCCCCCC(=O)O[C@H](COC(=O)CCCCCCC/C=C/CCCCC)COP(=O)(O)OCC[N+](C)(C)C. The fraction of sp³-hybridized carbons (Fsp3) is 0.756. The highest BCUT2D eigenvalue weighted by molar-refractivity contribution is 7.47. The van der Waals surface area contributed by atoms with E-state index in [2.05, 4.69) is 62.5 Å². The number of likely N-dealkylation sites (N-methyl/N-ethyl adjacent to an activating group) is 1. The zero-order valence-electron chi connectivity index (χ0n) is 33.1. The average Bonchev–Trinajstić information content (AvgIpc) is 3.07. The smallest absolute Gasteiger partial charge is 0.462 e. The quantitative estimate of drug-likeness (QED) is 0.0225. The minimum Gasteiger partial charge on any atom is -0.462 e. The second-order valence-corrected chi connectivity index (χ2v) is 15.7. The number of quaternary nitrogens is 1. The number of allylic oxidation sites excluding steroid dienone is 8. The molecule has 9 nitrogen and oxygen atoms in total. The molecule has 0 spiro atoms. The van der Waals surface area contributed by atoms with Gasteiger partial charge in [-0.05, 0) is 70.6 Å². The number of nitrogens with zero attached hydrogens (tertiary/aromatic N) is 1. The molecule has 0 radical (unpaired) electrons. The predicted octanol–water partition coefficient (Wildman–Crippen LogP) is 10.7. The molecular formula is C41H75NO8P+. The summed E-state index contributed by atoms with van der Waals surface area (Å²) in [6.45, 7) is 4.23. The molecule has 0 aromatic heterocycles. The second kappa shape index (κ2) is 33.8. The van der Waals surface area contributed by atoms with Gasteiger partial charge in [-0.1, -0.05) is 114 Å². The second-order valence-electron chi connectivity index (χ2n) is 14.3. The van der Waals surface area contributed by atoms with Gasteiger partial charge in [0.25, 0.3) is 0 Å². The van der Waals surface area contributed by atoms with Crippen molar-refractivity contribution < 1.29 is 42.1 Å². The molecule has 0 aromatic rings. The van der Waals surface area contributed by atoms with E-state index in [1.807, 2.05) is 21.1 Å². The lowest BCUT2D eigenvalue weighted by atomic mass is 10.1. The van der Waals surface area contributed by atoms with Crippen LogP contribution < -0.4 is 0 Å². The summed E-state index contributed by atoms with van der Waals surface area (Å²) >= 11 is 0. The first-order valence-electron chi connectivity index (χ1n) is 19.9. The zero-order valence-corrected chi connectivity index (χ0v) is 34.0. The van der Waals surface area contributed by atoms with Crippen LogP contribution in [0.1, 0.15) is 149 Å². The molecule has 0 aliphatic rings. The van der Waals surface area contributed by atoms with E-state index in [-0.39, 0.29) is 32.0 Å².